The fourth-order valence-electron chi connectivity index (χ4n) is 4.69. The predicted molar refractivity (Wildman–Crippen MR) is 145 cm³/mol. The highest BCUT2D eigenvalue weighted by atomic mass is 32.1. The second-order valence-corrected chi connectivity index (χ2v) is 10.5. The lowest BCUT2D eigenvalue weighted by molar-refractivity contribution is 0.0928. The predicted octanol–water partition coefficient (Wildman–Crippen LogP) is 5.35. The number of aromatic nitrogens is 3. The quantitative estimate of drug-likeness (QED) is 0.313. The molecule has 0 saturated heterocycles. The van der Waals surface area contributed by atoms with E-state index in [1.165, 1.54) is 23.5 Å². The minimum atomic E-state index is -0.362. The Hall–Kier alpha value is -4.37. The van der Waals surface area contributed by atoms with E-state index < -0.39 is 0 Å². The van der Waals surface area contributed by atoms with E-state index >= 15 is 0 Å². The molecule has 9 heteroatoms. The van der Waals surface area contributed by atoms with Crippen molar-refractivity contribution in [1.29, 1.82) is 0 Å². The van der Waals surface area contributed by atoms with Crippen LogP contribution in [0.2, 0.25) is 0 Å². The summed E-state index contributed by atoms with van der Waals surface area (Å²) in [7, 11) is 1.56. The van der Waals surface area contributed by atoms with Gasteiger partial charge in [-0.15, -0.1) is 0 Å². The Morgan fingerprint density at radius 1 is 1.08 bits per heavy atom. The molecule has 1 fully saturated rings. The second-order valence-electron chi connectivity index (χ2n) is 9.45. The molecule has 2 aromatic carbocycles. The van der Waals surface area contributed by atoms with Crippen molar-refractivity contribution in [2.75, 3.05) is 7.05 Å². The Morgan fingerprint density at radius 3 is 2.55 bits per heavy atom. The van der Waals surface area contributed by atoms with Crippen LogP contribution in [0.15, 0.2) is 73.2 Å². The fourth-order valence-corrected chi connectivity index (χ4v) is 5.75. The molecule has 190 valence electrons. The zero-order valence-electron chi connectivity index (χ0n) is 20.8. The van der Waals surface area contributed by atoms with Gasteiger partial charge in [0.2, 0.25) is 0 Å². The van der Waals surface area contributed by atoms with E-state index in [1.54, 1.807) is 36.0 Å². The average molecular weight is 526 g/mol. The van der Waals surface area contributed by atoms with Crippen LogP contribution in [0.3, 0.4) is 0 Å². The first kappa shape index (κ1) is 24.0. The maximum atomic E-state index is 13.5. The molecule has 0 unspecified atom stereocenters. The molecule has 1 aliphatic carbocycles. The lowest BCUT2D eigenvalue weighted by Crippen LogP contribution is -2.34. The topological polar surface area (TPSA) is 88.4 Å². The van der Waals surface area contributed by atoms with Crippen LogP contribution in [0.4, 0.5) is 4.39 Å². The van der Waals surface area contributed by atoms with Crippen LogP contribution < -0.4 is 10.6 Å². The smallest absolute Gasteiger partial charge is 0.270 e. The number of thiazole rings is 1. The van der Waals surface area contributed by atoms with Crippen LogP contribution in [0, 0.1) is 12.7 Å². The summed E-state index contributed by atoms with van der Waals surface area (Å²) in [4.78, 5) is 36.6. The highest BCUT2D eigenvalue weighted by Crippen LogP contribution is 2.45. The third-order valence-corrected chi connectivity index (χ3v) is 7.98. The molecule has 6 rings (SSSR count). The molecule has 5 aromatic rings. The van der Waals surface area contributed by atoms with Gasteiger partial charge in [0.05, 0.1) is 10.4 Å². The van der Waals surface area contributed by atoms with Crippen LogP contribution in [-0.4, -0.2) is 33.2 Å². The number of rotatable bonds is 6. The highest BCUT2D eigenvalue weighted by Gasteiger charge is 2.46. The number of aryl methyl sites for hydroxylation is 1. The number of pyridine rings is 1. The van der Waals surface area contributed by atoms with Crippen molar-refractivity contribution in [3.63, 3.8) is 0 Å². The van der Waals surface area contributed by atoms with E-state index in [1.807, 2.05) is 43.5 Å². The molecular weight excluding hydrogens is 501 g/mol. The molecule has 7 nitrogen and oxygen atoms in total. The number of benzene rings is 2. The molecule has 0 bridgehead atoms. The number of carbonyl (C=O) groups is 2. The van der Waals surface area contributed by atoms with E-state index in [0.717, 1.165) is 34.4 Å². The zero-order chi connectivity index (χ0) is 26.4. The first-order valence-electron chi connectivity index (χ1n) is 12.2. The van der Waals surface area contributed by atoms with Crippen molar-refractivity contribution in [2.45, 2.75) is 25.3 Å². The Bertz CT molecular complexity index is 1690. The van der Waals surface area contributed by atoms with E-state index in [-0.39, 0.29) is 23.2 Å². The molecule has 38 heavy (non-hydrogen) atoms. The van der Waals surface area contributed by atoms with Gasteiger partial charge in [0.15, 0.2) is 4.96 Å². The average Bonchev–Trinajstić information content (AvgIpc) is 3.46. The van der Waals surface area contributed by atoms with Crippen LogP contribution in [0.25, 0.3) is 26.7 Å². The summed E-state index contributed by atoms with van der Waals surface area (Å²) in [5.41, 5.74) is 4.61. The van der Waals surface area contributed by atoms with Gasteiger partial charge in [0.1, 0.15) is 17.2 Å². The summed E-state index contributed by atoms with van der Waals surface area (Å²) in [5.74, 6) is -0.791. The van der Waals surface area contributed by atoms with Gasteiger partial charge < -0.3 is 10.6 Å². The minimum absolute atomic E-state index is 0.140. The number of hydrogen-bond acceptors (Lipinski definition) is 5. The number of imidazole rings is 1. The fraction of sp³-hybridized carbons (Fsp3) is 0.172. The molecule has 3 heterocycles. The van der Waals surface area contributed by atoms with Gasteiger partial charge in [0, 0.05) is 36.8 Å². The second kappa shape index (κ2) is 9.18. The number of fused-ring (bicyclic) bond motifs is 1. The first-order valence-corrected chi connectivity index (χ1v) is 13.0. The van der Waals surface area contributed by atoms with Gasteiger partial charge in [-0.3, -0.25) is 19.0 Å². The normalized spacial score (nSPS) is 13.9. The van der Waals surface area contributed by atoms with E-state index in [9.17, 15) is 14.0 Å². The third kappa shape index (κ3) is 4.14. The minimum Gasteiger partial charge on any atom is -0.354 e. The van der Waals surface area contributed by atoms with Gasteiger partial charge in [-0.1, -0.05) is 23.5 Å². The van der Waals surface area contributed by atoms with Gasteiger partial charge in [-0.2, -0.15) is 0 Å². The molecule has 2 N–H and O–H groups in total. The van der Waals surface area contributed by atoms with Crippen molar-refractivity contribution >= 4 is 28.1 Å². The van der Waals surface area contributed by atoms with Gasteiger partial charge >= 0.3 is 0 Å². The summed E-state index contributed by atoms with van der Waals surface area (Å²) in [6, 6.07) is 15.4. The van der Waals surface area contributed by atoms with Crippen molar-refractivity contribution in [1.82, 2.24) is 25.0 Å². The van der Waals surface area contributed by atoms with Gasteiger partial charge in [-0.05, 0) is 78.9 Å². The Kier molecular flexibility index (Phi) is 5.80. The van der Waals surface area contributed by atoms with Crippen LogP contribution >= 0.6 is 11.3 Å². The number of carbonyl (C=O) groups excluding carboxylic acids is 2. The number of nitrogens with one attached hydrogen (secondary N) is 2. The van der Waals surface area contributed by atoms with Crippen LogP contribution in [-0.2, 0) is 5.54 Å². The molecule has 0 spiro atoms. The lowest BCUT2D eigenvalue weighted by Gasteiger charge is -2.18. The van der Waals surface area contributed by atoms with Crippen molar-refractivity contribution in [2.24, 2.45) is 0 Å². The lowest BCUT2D eigenvalue weighted by atomic mass is 10.0. The monoisotopic (exact) mass is 525 g/mol. The molecule has 1 aliphatic rings. The molecule has 2 amide bonds. The maximum Gasteiger partial charge on any atom is 0.270 e. The SMILES string of the molecule is CNC(=O)c1c(-c2ccc(F)cc2)nc2sc(-c3cc(C(=O)NC4(c5cccnc5)CC4)ccc3C)cn12. The molecular formula is C29H24FN5O2S. The largest absolute Gasteiger partial charge is 0.354 e. The third-order valence-electron chi connectivity index (χ3n) is 6.97. The molecule has 0 radical (unpaired) electrons. The standard InChI is InChI=1S/C29H24FN5O2S/c1-17-5-6-19(26(36)34-29(11-12-29)20-4-3-13-32-15-20)14-22(17)23-16-35-25(27(37)31-2)24(33-28(35)38-23)18-7-9-21(30)10-8-18/h3-10,13-16H,11-12H2,1-2H3,(H,31,37)(H,34,36). The summed E-state index contributed by atoms with van der Waals surface area (Å²) >= 11 is 1.43. The highest BCUT2D eigenvalue weighted by molar-refractivity contribution is 7.20. The zero-order valence-corrected chi connectivity index (χ0v) is 21.6. The van der Waals surface area contributed by atoms with Crippen LogP contribution in [0.5, 0.6) is 0 Å². The van der Waals surface area contributed by atoms with E-state index in [4.69, 9.17) is 4.98 Å². The van der Waals surface area contributed by atoms with Crippen molar-refractivity contribution < 1.29 is 14.0 Å². The number of nitrogens with zero attached hydrogens (tertiary/aromatic N) is 3. The molecule has 1 saturated carbocycles. The summed E-state index contributed by atoms with van der Waals surface area (Å²) < 4.78 is 15.2. The number of halogens is 1. The van der Waals surface area contributed by atoms with Crippen molar-refractivity contribution in [3.05, 3.63) is 101 Å². The van der Waals surface area contributed by atoms with E-state index in [0.29, 0.717) is 27.5 Å². The van der Waals surface area contributed by atoms with Gasteiger partial charge in [-0.25, -0.2) is 9.37 Å². The van der Waals surface area contributed by atoms with E-state index in [2.05, 4.69) is 15.6 Å². The first-order chi connectivity index (χ1) is 18.4. The number of hydrogen-bond donors (Lipinski definition) is 2. The van der Waals surface area contributed by atoms with Crippen molar-refractivity contribution in [3.8, 4) is 21.7 Å². The molecule has 3 aromatic heterocycles. The summed E-state index contributed by atoms with van der Waals surface area (Å²) in [5, 5.41) is 5.89. The maximum absolute atomic E-state index is 13.5. The Balaban J connectivity index is 1.36. The Labute approximate surface area is 222 Å². The molecule has 0 aliphatic heterocycles. The van der Waals surface area contributed by atoms with Gasteiger partial charge in [0.25, 0.3) is 11.8 Å². The Morgan fingerprint density at radius 2 is 1.87 bits per heavy atom. The van der Waals surface area contributed by atoms with Crippen LogP contribution in [0.1, 0.15) is 44.8 Å². The summed E-state index contributed by atoms with van der Waals surface area (Å²) in [6.07, 6.45) is 7.16. The summed E-state index contributed by atoms with van der Waals surface area (Å²) in [6.45, 7) is 1.99. The number of amides is 2. The molecule has 0 atom stereocenters.